The molecular formula is C15H20FN3. The van der Waals surface area contributed by atoms with Crippen molar-refractivity contribution in [2.24, 2.45) is 0 Å². The summed E-state index contributed by atoms with van der Waals surface area (Å²) in [7, 11) is 1.90. The molecule has 0 saturated heterocycles. The van der Waals surface area contributed by atoms with E-state index < -0.39 is 0 Å². The summed E-state index contributed by atoms with van der Waals surface area (Å²) in [5.74, 6) is 0.603. The zero-order chi connectivity index (χ0) is 13.8. The Bertz CT molecular complexity index is 548. The summed E-state index contributed by atoms with van der Waals surface area (Å²) >= 11 is 0. The highest BCUT2D eigenvalue weighted by molar-refractivity contribution is 5.61. The molecule has 1 unspecified atom stereocenters. The third-order valence-electron chi connectivity index (χ3n) is 3.34. The maximum atomic E-state index is 13.6. The highest BCUT2D eigenvalue weighted by Gasteiger charge is 2.15. The van der Waals surface area contributed by atoms with Crippen molar-refractivity contribution in [1.82, 2.24) is 14.9 Å². The largest absolute Gasteiger partial charge is 0.331 e. The van der Waals surface area contributed by atoms with E-state index in [0.717, 1.165) is 29.9 Å². The van der Waals surface area contributed by atoms with Crippen LogP contribution in [0.3, 0.4) is 0 Å². The normalized spacial score (nSPS) is 12.6. The maximum Gasteiger partial charge on any atom is 0.140 e. The summed E-state index contributed by atoms with van der Waals surface area (Å²) in [6.45, 7) is 5.07. The summed E-state index contributed by atoms with van der Waals surface area (Å²) in [5, 5.41) is 3.19. The molecular weight excluding hydrogens is 241 g/mol. The lowest BCUT2D eigenvalue weighted by Crippen LogP contribution is -2.14. The minimum Gasteiger partial charge on any atom is -0.331 e. The van der Waals surface area contributed by atoms with Crippen LogP contribution in [0.25, 0.3) is 11.4 Å². The average molecular weight is 261 g/mol. The molecule has 1 aromatic carbocycles. The SMILES string of the molecule is CCCn1ccnc1-c1cc(F)ccc1C(C)NC. The minimum absolute atomic E-state index is 0.155. The third kappa shape index (κ3) is 2.84. The van der Waals surface area contributed by atoms with E-state index in [0.29, 0.717) is 0 Å². The summed E-state index contributed by atoms with van der Waals surface area (Å²) in [4.78, 5) is 4.39. The molecule has 19 heavy (non-hydrogen) atoms. The van der Waals surface area contributed by atoms with Gasteiger partial charge in [-0.2, -0.15) is 0 Å². The summed E-state index contributed by atoms with van der Waals surface area (Å²) in [6.07, 6.45) is 4.73. The number of rotatable bonds is 5. The van der Waals surface area contributed by atoms with Gasteiger partial charge in [-0.3, -0.25) is 0 Å². The van der Waals surface area contributed by atoms with E-state index in [-0.39, 0.29) is 11.9 Å². The van der Waals surface area contributed by atoms with Crippen LogP contribution in [-0.2, 0) is 6.54 Å². The molecule has 1 N–H and O–H groups in total. The Kier molecular flexibility index (Phi) is 4.32. The minimum atomic E-state index is -0.229. The number of hydrogen-bond acceptors (Lipinski definition) is 2. The lowest BCUT2D eigenvalue weighted by molar-refractivity contribution is 0.617. The maximum absolute atomic E-state index is 13.6. The van der Waals surface area contributed by atoms with Gasteiger partial charge in [0.15, 0.2) is 0 Å². The van der Waals surface area contributed by atoms with E-state index in [1.165, 1.54) is 6.07 Å². The third-order valence-corrected chi connectivity index (χ3v) is 3.34. The second kappa shape index (κ2) is 5.97. The van der Waals surface area contributed by atoms with Crippen molar-refractivity contribution >= 4 is 0 Å². The zero-order valence-electron chi connectivity index (χ0n) is 11.7. The Hall–Kier alpha value is -1.68. The predicted molar refractivity (Wildman–Crippen MR) is 75.4 cm³/mol. The van der Waals surface area contributed by atoms with Crippen LogP contribution in [0.2, 0.25) is 0 Å². The second-order valence-electron chi connectivity index (χ2n) is 4.69. The van der Waals surface area contributed by atoms with Crippen molar-refractivity contribution in [2.45, 2.75) is 32.9 Å². The van der Waals surface area contributed by atoms with E-state index in [4.69, 9.17) is 0 Å². The molecule has 2 rings (SSSR count). The van der Waals surface area contributed by atoms with Crippen LogP contribution in [0.1, 0.15) is 31.9 Å². The fourth-order valence-electron chi connectivity index (χ4n) is 2.23. The average Bonchev–Trinajstić information content (AvgIpc) is 2.86. The quantitative estimate of drug-likeness (QED) is 0.894. The monoisotopic (exact) mass is 261 g/mol. The molecule has 0 aliphatic carbocycles. The van der Waals surface area contributed by atoms with Crippen LogP contribution in [0, 0.1) is 5.82 Å². The van der Waals surface area contributed by atoms with Gasteiger partial charge >= 0.3 is 0 Å². The van der Waals surface area contributed by atoms with Crippen LogP contribution >= 0.6 is 0 Å². The molecule has 3 nitrogen and oxygen atoms in total. The van der Waals surface area contributed by atoms with Crippen molar-refractivity contribution in [2.75, 3.05) is 7.05 Å². The number of nitrogens with zero attached hydrogens (tertiary/aromatic N) is 2. The predicted octanol–water partition coefficient (Wildman–Crippen LogP) is 3.38. The summed E-state index contributed by atoms with van der Waals surface area (Å²) in [5.41, 5.74) is 1.92. The van der Waals surface area contributed by atoms with Crippen molar-refractivity contribution < 1.29 is 4.39 Å². The van der Waals surface area contributed by atoms with E-state index in [9.17, 15) is 4.39 Å². The molecule has 1 heterocycles. The second-order valence-corrected chi connectivity index (χ2v) is 4.69. The fraction of sp³-hybridized carbons (Fsp3) is 0.400. The van der Waals surface area contributed by atoms with Gasteiger partial charge in [0.1, 0.15) is 11.6 Å². The molecule has 0 aliphatic heterocycles. The van der Waals surface area contributed by atoms with Gasteiger partial charge in [0.25, 0.3) is 0 Å². The van der Waals surface area contributed by atoms with Crippen molar-refractivity contribution in [3.8, 4) is 11.4 Å². The molecule has 2 aromatic rings. The Morgan fingerprint density at radius 1 is 1.42 bits per heavy atom. The van der Waals surface area contributed by atoms with Crippen LogP contribution < -0.4 is 5.32 Å². The molecule has 0 aliphatic rings. The van der Waals surface area contributed by atoms with Gasteiger partial charge in [-0.1, -0.05) is 13.0 Å². The number of aromatic nitrogens is 2. The van der Waals surface area contributed by atoms with Crippen LogP contribution in [0.4, 0.5) is 4.39 Å². The van der Waals surface area contributed by atoms with Gasteiger partial charge in [0.05, 0.1) is 0 Å². The highest BCUT2D eigenvalue weighted by Crippen LogP contribution is 2.28. The van der Waals surface area contributed by atoms with Gasteiger partial charge in [-0.15, -0.1) is 0 Å². The van der Waals surface area contributed by atoms with E-state index in [1.54, 1.807) is 12.3 Å². The lowest BCUT2D eigenvalue weighted by atomic mass is 10.0. The van der Waals surface area contributed by atoms with Gasteiger partial charge in [-0.05, 0) is 38.1 Å². The van der Waals surface area contributed by atoms with Crippen LogP contribution in [0.5, 0.6) is 0 Å². The van der Waals surface area contributed by atoms with Gasteiger partial charge in [-0.25, -0.2) is 9.37 Å². The molecule has 0 saturated carbocycles. The van der Waals surface area contributed by atoms with E-state index in [2.05, 4.69) is 28.7 Å². The molecule has 0 amide bonds. The fourth-order valence-corrected chi connectivity index (χ4v) is 2.23. The van der Waals surface area contributed by atoms with Crippen molar-refractivity contribution in [3.05, 3.63) is 42.0 Å². The first-order valence-electron chi connectivity index (χ1n) is 6.65. The number of halogens is 1. The molecule has 0 radical (unpaired) electrons. The molecule has 0 fully saturated rings. The zero-order valence-corrected chi connectivity index (χ0v) is 11.7. The first kappa shape index (κ1) is 13.7. The number of hydrogen-bond donors (Lipinski definition) is 1. The Balaban J connectivity index is 2.53. The first-order chi connectivity index (χ1) is 9.17. The molecule has 4 heteroatoms. The Morgan fingerprint density at radius 3 is 2.89 bits per heavy atom. The topological polar surface area (TPSA) is 29.9 Å². The molecule has 1 atom stereocenters. The van der Waals surface area contributed by atoms with Crippen LogP contribution in [0.15, 0.2) is 30.6 Å². The summed E-state index contributed by atoms with van der Waals surface area (Å²) < 4.78 is 15.6. The lowest BCUT2D eigenvalue weighted by Gasteiger charge is -2.16. The number of nitrogens with one attached hydrogen (secondary N) is 1. The van der Waals surface area contributed by atoms with Crippen molar-refractivity contribution in [3.63, 3.8) is 0 Å². The smallest absolute Gasteiger partial charge is 0.140 e. The van der Waals surface area contributed by atoms with E-state index in [1.807, 2.05) is 19.3 Å². The highest BCUT2D eigenvalue weighted by atomic mass is 19.1. The van der Waals surface area contributed by atoms with Gasteiger partial charge < -0.3 is 9.88 Å². The van der Waals surface area contributed by atoms with Gasteiger partial charge in [0.2, 0.25) is 0 Å². The Labute approximate surface area is 113 Å². The number of imidazole rings is 1. The molecule has 0 spiro atoms. The van der Waals surface area contributed by atoms with Crippen LogP contribution in [-0.4, -0.2) is 16.6 Å². The molecule has 102 valence electrons. The Morgan fingerprint density at radius 2 is 2.21 bits per heavy atom. The van der Waals surface area contributed by atoms with Crippen molar-refractivity contribution in [1.29, 1.82) is 0 Å². The number of aryl methyl sites for hydroxylation is 1. The summed E-state index contributed by atoms with van der Waals surface area (Å²) in [6, 6.07) is 5.05. The van der Waals surface area contributed by atoms with E-state index >= 15 is 0 Å². The first-order valence-corrected chi connectivity index (χ1v) is 6.65. The van der Waals surface area contributed by atoms with Gasteiger partial charge in [0, 0.05) is 30.5 Å². The standard InChI is InChI=1S/C15H20FN3/c1-4-8-19-9-7-18-15(19)14-10-12(16)5-6-13(14)11(2)17-3/h5-7,9-11,17H,4,8H2,1-3H3. The molecule has 1 aromatic heterocycles. The molecule has 0 bridgehead atoms. The number of benzene rings is 1.